The molecule has 1 unspecified atom stereocenters. The summed E-state index contributed by atoms with van der Waals surface area (Å²) in [6.45, 7) is 0.166. The molecule has 0 radical (unpaired) electrons. The summed E-state index contributed by atoms with van der Waals surface area (Å²) in [7, 11) is 0. The van der Waals surface area contributed by atoms with Gasteiger partial charge in [-0.1, -0.05) is 18.2 Å². The van der Waals surface area contributed by atoms with E-state index in [1.165, 1.54) is 22.4 Å². The summed E-state index contributed by atoms with van der Waals surface area (Å²) in [6.07, 6.45) is 9.16. The lowest BCUT2D eigenvalue weighted by Crippen LogP contribution is -2.29. The number of hydrogen-bond donors (Lipinski definition) is 1. The van der Waals surface area contributed by atoms with Gasteiger partial charge in [-0.2, -0.15) is 0 Å². The van der Waals surface area contributed by atoms with Crippen LogP contribution in [0.2, 0.25) is 0 Å². The zero-order valence-corrected chi connectivity index (χ0v) is 17.6. The average molecular weight is 425 g/mol. The summed E-state index contributed by atoms with van der Waals surface area (Å²) < 4.78 is 0. The number of nitrogens with zero attached hydrogens (tertiary/aromatic N) is 3. The molecule has 1 atom stereocenters. The van der Waals surface area contributed by atoms with Gasteiger partial charge in [-0.25, -0.2) is 0 Å². The van der Waals surface area contributed by atoms with Crippen LogP contribution in [0.4, 0.5) is 0 Å². The molecule has 1 N–H and O–H groups in total. The van der Waals surface area contributed by atoms with Gasteiger partial charge in [0.05, 0.1) is 23.9 Å². The number of benzene rings is 1. The molecule has 1 saturated heterocycles. The maximum absolute atomic E-state index is 13.1. The van der Waals surface area contributed by atoms with E-state index in [9.17, 15) is 14.7 Å². The molecule has 6 heteroatoms. The predicted octanol–water partition coefficient (Wildman–Crippen LogP) is 3.98. The molecule has 2 aromatic heterocycles. The Kier molecular flexibility index (Phi) is 5.27. The second-order valence-electron chi connectivity index (χ2n) is 8.22. The van der Waals surface area contributed by atoms with Gasteiger partial charge in [0.1, 0.15) is 5.76 Å². The van der Waals surface area contributed by atoms with E-state index in [1.54, 1.807) is 36.8 Å². The molecule has 5 rings (SSSR count). The Balaban J connectivity index is 1.62. The summed E-state index contributed by atoms with van der Waals surface area (Å²) in [4.78, 5) is 36.1. The summed E-state index contributed by atoms with van der Waals surface area (Å²) in [6, 6.07) is 14.1. The number of carbonyl (C=O) groups is 2. The second-order valence-corrected chi connectivity index (χ2v) is 8.22. The van der Waals surface area contributed by atoms with Gasteiger partial charge in [0.15, 0.2) is 0 Å². The van der Waals surface area contributed by atoms with Gasteiger partial charge in [0.25, 0.3) is 11.7 Å². The maximum atomic E-state index is 13.1. The van der Waals surface area contributed by atoms with Gasteiger partial charge in [-0.3, -0.25) is 19.6 Å². The smallest absolute Gasteiger partial charge is 0.296 e. The number of hydrogen-bond acceptors (Lipinski definition) is 5. The number of pyridine rings is 2. The third kappa shape index (κ3) is 3.58. The van der Waals surface area contributed by atoms with Crippen LogP contribution < -0.4 is 0 Å². The fourth-order valence-electron chi connectivity index (χ4n) is 4.64. The van der Waals surface area contributed by atoms with E-state index in [2.05, 4.69) is 9.97 Å². The summed E-state index contributed by atoms with van der Waals surface area (Å²) in [5, 5.41) is 11.3. The topological polar surface area (TPSA) is 83.4 Å². The van der Waals surface area contributed by atoms with Crippen molar-refractivity contribution in [2.45, 2.75) is 38.3 Å². The van der Waals surface area contributed by atoms with Crippen LogP contribution in [0.25, 0.3) is 5.76 Å². The fraction of sp³-hybridized carbons (Fsp3) is 0.231. The van der Waals surface area contributed by atoms with Crippen molar-refractivity contribution in [1.29, 1.82) is 0 Å². The van der Waals surface area contributed by atoms with Crippen LogP contribution in [0.1, 0.15) is 46.8 Å². The lowest BCUT2D eigenvalue weighted by atomic mass is 9.89. The number of ketones is 1. The van der Waals surface area contributed by atoms with Gasteiger partial charge < -0.3 is 10.0 Å². The van der Waals surface area contributed by atoms with Gasteiger partial charge >= 0.3 is 0 Å². The van der Waals surface area contributed by atoms with Crippen molar-refractivity contribution >= 4 is 17.4 Å². The Hall–Kier alpha value is -3.80. The fourth-order valence-corrected chi connectivity index (χ4v) is 4.64. The van der Waals surface area contributed by atoms with E-state index in [0.29, 0.717) is 11.3 Å². The minimum atomic E-state index is -0.712. The van der Waals surface area contributed by atoms with Crippen molar-refractivity contribution in [3.8, 4) is 0 Å². The SMILES string of the molecule is O=C1C(=O)N(Cc2ccccn2)C(c2ccncc2)/C1=C(/O)c1ccc2c(c1)CCCC2. The number of amides is 1. The number of aliphatic hydroxyl groups is 1. The van der Waals surface area contributed by atoms with Gasteiger partial charge in [-0.15, -0.1) is 0 Å². The molecule has 1 aromatic carbocycles. The van der Waals surface area contributed by atoms with Crippen LogP contribution in [-0.2, 0) is 29.0 Å². The summed E-state index contributed by atoms with van der Waals surface area (Å²) in [5.41, 5.74) is 4.54. The highest BCUT2D eigenvalue weighted by molar-refractivity contribution is 6.46. The molecule has 6 nitrogen and oxygen atoms in total. The largest absolute Gasteiger partial charge is 0.507 e. The summed E-state index contributed by atoms with van der Waals surface area (Å²) >= 11 is 0. The number of fused-ring (bicyclic) bond motifs is 1. The lowest BCUT2D eigenvalue weighted by Gasteiger charge is -2.25. The first-order chi connectivity index (χ1) is 15.6. The van der Waals surface area contributed by atoms with E-state index >= 15 is 0 Å². The normalized spacial score (nSPS) is 19.8. The Morgan fingerprint density at radius 2 is 1.75 bits per heavy atom. The van der Waals surface area contributed by atoms with Crippen molar-refractivity contribution < 1.29 is 14.7 Å². The molecule has 0 spiro atoms. The monoisotopic (exact) mass is 425 g/mol. The van der Waals surface area contributed by atoms with Crippen LogP contribution in [0, 0.1) is 0 Å². The first-order valence-corrected chi connectivity index (χ1v) is 10.8. The molecule has 2 aliphatic rings. The number of aromatic nitrogens is 2. The number of rotatable bonds is 4. The third-order valence-corrected chi connectivity index (χ3v) is 6.24. The minimum Gasteiger partial charge on any atom is -0.507 e. The zero-order valence-electron chi connectivity index (χ0n) is 17.6. The lowest BCUT2D eigenvalue weighted by molar-refractivity contribution is -0.140. The molecule has 1 aliphatic carbocycles. The molecule has 160 valence electrons. The van der Waals surface area contributed by atoms with Crippen LogP contribution in [-0.4, -0.2) is 31.7 Å². The van der Waals surface area contributed by atoms with Crippen LogP contribution >= 0.6 is 0 Å². The van der Waals surface area contributed by atoms with Crippen LogP contribution in [0.15, 0.2) is 72.7 Å². The Labute approximate surface area is 186 Å². The van der Waals surface area contributed by atoms with E-state index in [1.807, 2.05) is 30.3 Å². The van der Waals surface area contributed by atoms with Crippen molar-refractivity contribution in [3.05, 3.63) is 101 Å². The molecular weight excluding hydrogens is 402 g/mol. The number of likely N-dealkylation sites (tertiary alicyclic amines) is 1. The number of aliphatic hydroxyl groups excluding tert-OH is 1. The van der Waals surface area contributed by atoms with Crippen molar-refractivity contribution in [2.75, 3.05) is 0 Å². The number of aryl methyl sites for hydroxylation is 2. The Bertz CT molecular complexity index is 1210. The van der Waals surface area contributed by atoms with Crippen molar-refractivity contribution in [1.82, 2.24) is 14.9 Å². The first-order valence-electron chi connectivity index (χ1n) is 10.8. The molecule has 0 saturated carbocycles. The molecule has 3 heterocycles. The van der Waals surface area contributed by atoms with Crippen molar-refractivity contribution in [3.63, 3.8) is 0 Å². The van der Waals surface area contributed by atoms with E-state index in [4.69, 9.17) is 0 Å². The van der Waals surface area contributed by atoms with Crippen molar-refractivity contribution in [2.24, 2.45) is 0 Å². The first kappa shape index (κ1) is 20.1. The maximum Gasteiger partial charge on any atom is 0.296 e. The van der Waals surface area contributed by atoms with E-state index in [0.717, 1.165) is 24.8 Å². The van der Waals surface area contributed by atoms with E-state index < -0.39 is 17.7 Å². The molecule has 1 aliphatic heterocycles. The van der Waals surface area contributed by atoms with Gasteiger partial charge in [-0.05, 0) is 72.7 Å². The Morgan fingerprint density at radius 1 is 0.969 bits per heavy atom. The highest BCUT2D eigenvalue weighted by Crippen LogP contribution is 2.40. The van der Waals surface area contributed by atoms with Gasteiger partial charge in [0.2, 0.25) is 0 Å². The van der Waals surface area contributed by atoms with Crippen LogP contribution in [0.3, 0.4) is 0 Å². The number of carbonyl (C=O) groups excluding carboxylic acids is 2. The molecular formula is C26H23N3O3. The predicted molar refractivity (Wildman–Crippen MR) is 119 cm³/mol. The number of Topliss-reactive ketones (excluding diaryl/α,β-unsaturated/α-hetero) is 1. The molecule has 0 bridgehead atoms. The quantitative estimate of drug-likeness (QED) is 0.388. The highest BCUT2D eigenvalue weighted by atomic mass is 16.3. The third-order valence-electron chi connectivity index (χ3n) is 6.24. The summed E-state index contributed by atoms with van der Waals surface area (Å²) in [5.74, 6) is -1.46. The Morgan fingerprint density at radius 3 is 2.50 bits per heavy atom. The zero-order chi connectivity index (χ0) is 22.1. The molecule has 1 fully saturated rings. The standard InChI is InChI=1S/C26H23N3O3/c30-24(20-9-8-17-5-1-2-6-19(17)15-20)22-23(18-10-13-27-14-11-18)29(26(32)25(22)31)16-21-7-3-4-12-28-21/h3-4,7-15,23,30H,1-2,5-6,16H2/b24-22-. The molecule has 32 heavy (non-hydrogen) atoms. The molecule has 1 amide bonds. The van der Waals surface area contributed by atoms with E-state index in [-0.39, 0.29) is 17.9 Å². The minimum absolute atomic E-state index is 0.105. The van der Waals surface area contributed by atoms with Gasteiger partial charge in [0, 0.05) is 24.2 Å². The average Bonchev–Trinajstić information content (AvgIpc) is 3.09. The van der Waals surface area contributed by atoms with Crippen LogP contribution in [0.5, 0.6) is 0 Å². The highest BCUT2D eigenvalue weighted by Gasteiger charge is 2.46. The second kappa shape index (κ2) is 8.38. The molecule has 3 aromatic rings.